The van der Waals surface area contributed by atoms with Crippen LogP contribution in [0.4, 0.5) is 11.8 Å². The topological polar surface area (TPSA) is 41.1 Å². The first-order valence-corrected chi connectivity index (χ1v) is 6.28. The van der Waals surface area contributed by atoms with E-state index in [4.69, 9.17) is 0 Å². The number of hydrogen-bond donors (Lipinski definition) is 1. The first kappa shape index (κ1) is 12.1. The number of nitrogens with one attached hydrogen (secondary N) is 1. The van der Waals surface area contributed by atoms with Gasteiger partial charge in [-0.2, -0.15) is 16.7 Å². The van der Waals surface area contributed by atoms with Gasteiger partial charge in [0.1, 0.15) is 5.82 Å². The Morgan fingerprint density at radius 2 is 2.27 bits per heavy atom. The second kappa shape index (κ2) is 5.80. The van der Waals surface area contributed by atoms with Crippen LogP contribution in [-0.4, -0.2) is 42.1 Å². The van der Waals surface area contributed by atoms with Crippen molar-refractivity contribution >= 4 is 23.5 Å². The van der Waals surface area contributed by atoms with E-state index in [1.807, 2.05) is 36.8 Å². The Labute approximate surface area is 95.5 Å². The highest BCUT2D eigenvalue weighted by Gasteiger charge is 2.04. The van der Waals surface area contributed by atoms with Crippen LogP contribution in [0.2, 0.25) is 0 Å². The zero-order valence-electron chi connectivity index (χ0n) is 9.69. The third-order valence-electron chi connectivity index (χ3n) is 1.85. The van der Waals surface area contributed by atoms with E-state index in [1.165, 1.54) is 0 Å². The van der Waals surface area contributed by atoms with Gasteiger partial charge in [-0.1, -0.05) is 0 Å². The molecule has 0 fully saturated rings. The zero-order valence-corrected chi connectivity index (χ0v) is 10.5. The maximum atomic E-state index is 4.39. The molecule has 5 heteroatoms. The molecule has 0 bridgehead atoms. The Bertz CT molecular complexity index is 303. The Balaban J connectivity index is 2.65. The fraction of sp³-hybridized carbons (Fsp3) is 0.600. The molecule has 0 saturated carbocycles. The monoisotopic (exact) mass is 226 g/mol. The molecule has 1 rings (SSSR count). The molecule has 84 valence electrons. The summed E-state index contributed by atoms with van der Waals surface area (Å²) in [6.07, 6.45) is 3.87. The molecule has 4 nitrogen and oxygen atoms in total. The van der Waals surface area contributed by atoms with E-state index < -0.39 is 0 Å². The lowest BCUT2D eigenvalue weighted by atomic mass is 10.4. The van der Waals surface area contributed by atoms with E-state index in [2.05, 4.69) is 28.5 Å². The molecule has 0 amide bonds. The van der Waals surface area contributed by atoms with Crippen molar-refractivity contribution in [2.24, 2.45) is 0 Å². The van der Waals surface area contributed by atoms with E-state index in [0.717, 1.165) is 17.5 Å². The molecular formula is C10H18N4S. The summed E-state index contributed by atoms with van der Waals surface area (Å²) in [5.74, 6) is 2.69. The van der Waals surface area contributed by atoms with Crippen LogP contribution in [0.3, 0.4) is 0 Å². The maximum Gasteiger partial charge on any atom is 0.226 e. The van der Waals surface area contributed by atoms with Crippen molar-refractivity contribution < 1.29 is 0 Å². The van der Waals surface area contributed by atoms with Crippen LogP contribution in [-0.2, 0) is 0 Å². The lowest BCUT2D eigenvalue weighted by molar-refractivity contribution is 0.893. The molecule has 1 aromatic rings. The summed E-state index contributed by atoms with van der Waals surface area (Å²) in [7, 11) is 3.87. The van der Waals surface area contributed by atoms with Crippen molar-refractivity contribution in [1.29, 1.82) is 0 Å². The van der Waals surface area contributed by atoms with Gasteiger partial charge in [0.05, 0.1) is 0 Å². The average molecular weight is 226 g/mol. The molecule has 0 aromatic carbocycles. The Kier molecular flexibility index (Phi) is 4.68. The molecule has 1 atom stereocenters. The standard InChI is InChI=1S/C10H18N4S/c1-8(7-15-4)12-9-5-6-11-10(13-9)14(2)3/h5-6,8H,7H2,1-4H3,(H,11,12,13). The van der Waals surface area contributed by atoms with Crippen LogP contribution in [0.1, 0.15) is 6.92 Å². The predicted molar refractivity (Wildman–Crippen MR) is 67.8 cm³/mol. The first-order valence-electron chi connectivity index (χ1n) is 4.89. The maximum absolute atomic E-state index is 4.39. The fourth-order valence-electron chi connectivity index (χ4n) is 1.19. The Morgan fingerprint density at radius 1 is 1.53 bits per heavy atom. The molecule has 0 aliphatic rings. The van der Waals surface area contributed by atoms with Crippen LogP contribution in [0.15, 0.2) is 12.3 Å². The summed E-state index contributed by atoms with van der Waals surface area (Å²) in [6, 6.07) is 2.31. The summed E-state index contributed by atoms with van der Waals surface area (Å²) in [6.45, 7) is 2.15. The van der Waals surface area contributed by atoms with Crippen molar-refractivity contribution in [2.75, 3.05) is 36.3 Å². The molecular weight excluding hydrogens is 208 g/mol. The number of anilines is 2. The van der Waals surface area contributed by atoms with Crippen LogP contribution in [0.5, 0.6) is 0 Å². The molecule has 15 heavy (non-hydrogen) atoms. The molecule has 1 N–H and O–H groups in total. The van der Waals surface area contributed by atoms with Crippen molar-refractivity contribution in [2.45, 2.75) is 13.0 Å². The highest BCUT2D eigenvalue weighted by molar-refractivity contribution is 7.98. The van der Waals surface area contributed by atoms with Crippen molar-refractivity contribution in [3.8, 4) is 0 Å². The molecule has 0 aliphatic carbocycles. The molecule has 1 heterocycles. The second-order valence-corrected chi connectivity index (χ2v) is 4.55. The molecule has 1 aromatic heterocycles. The van der Waals surface area contributed by atoms with Gasteiger partial charge in [0, 0.05) is 32.1 Å². The molecule has 0 aliphatic heterocycles. The summed E-state index contributed by atoms with van der Waals surface area (Å²) in [5.41, 5.74) is 0. The minimum Gasteiger partial charge on any atom is -0.367 e. The average Bonchev–Trinajstić information content (AvgIpc) is 2.18. The summed E-state index contributed by atoms with van der Waals surface area (Å²) >= 11 is 1.82. The van der Waals surface area contributed by atoms with Gasteiger partial charge >= 0.3 is 0 Å². The molecule has 1 unspecified atom stereocenters. The van der Waals surface area contributed by atoms with E-state index in [1.54, 1.807) is 6.20 Å². The minimum absolute atomic E-state index is 0.421. The number of hydrogen-bond acceptors (Lipinski definition) is 5. The van der Waals surface area contributed by atoms with Gasteiger partial charge in [-0.15, -0.1) is 0 Å². The van der Waals surface area contributed by atoms with Crippen LogP contribution < -0.4 is 10.2 Å². The van der Waals surface area contributed by atoms with Gasteiger partial charge in [-0.25, -0.2) is 4.98 Å². The van der Waals surface area contributed by atoms with Gasteiger partial charge in [0.15, 0.2) is 0 Å². The predicted octanol–water partition coefficient (Wildman–Crippen LogP) is 1.71. The molecule has 0 saturated heterocycles. The van der Waals surface area contributed by atoms with E-state index in [9.17, 15) is 0 Å². The molecule has 0 spiro atoms. The largest absolute Gasteiger partial charge is 0.367 e. The third kappa shape index (κ3) is 3.95. The van der Waals surface area contributed by atoms with Gasteiger partial charge in [0.25, 0.3) is 0 Å². The highest BCUT2D eigenvalue weighted by atomic mass is 32.2. The lowest BCUT2D eigenvalue weighted by Gasteiger charge is -2.15. The van der Waals surface area contributed by atoms with Crippen molar-refractivity contribution in [3.63, 3.8) is 0 Å². The number of aromatic nitrogens is 2. The Hall–Kier alpha value is -0.970. The number of nitrogens with zero attached hydrogens (tertiary/aromatic N) is 3. The smallest absolute Gasteiger partial charge is 0.226 e. The SMILES string of the molecule is CSCC(C)Nc1ccnc(N(C)C)n1. The molecule has 0 radical (unpaired) electrons. The van der Waals surface area contributed by atoms with E-state index >= 15 is 0 Å². The lowest BCUT2D eigenvalue weighted by Crippen LogP contribution is -2.20. The number of rotatable bonds is 5. The van der Waals surface area contributed by atoms with Gasteiger partial charge < -0.3 is 10.2 Å². The zero-order chi connectivity index (χ0) is 11.3. The summed E-state index contributed by atoms with van der Waals surface area (Å²) in [4.78, 5) is 10.4. The van der Waals surface area contributed by atoms with E-state index in [-0.39, 0.29) is 0 Å². The normalized spacial score (nSPS) is 12.3. The second-order valence-electron chi connectivity index (χ2n) is 3.64. The van der Waals surface area contributed by atoms with Crippen LogP contribution in [0, 0.1) is 0 Å². The Morgan fingerprint density at radius 3 is 2.87 bits per heavy atom. The fourth-order valence-corrected chi connectivity index (χ4v) is 1.77. The summed E-state index contributed by atoms with van der Waals surface area (Å²) < 4.78 is 0. The minimum atomic E-state index is 0.421. The number of thioether (sulfide) groups is 1. The van der Waals surface area contributed by atoms with Crippen LogP contribution in [0.25, 0.3) is 0 Å². The van der Waals surface area contributed by atoms with E-state index in [0.29, 0.717) is 6.04 Å². The van der Waals surface area contributed by atoms with Gasteiger partial charge in [-0.05, 0) is 19.2 Å². The van der Waals surface area contributed by atoms with Crippen molar-refractivity contribution in [1.82, 2.24) is 9.97 Å². The van der Waals surface area contributed by atoms with Gasteiger partial charge in [-0.3, -0.25) is 0 Å². The van der Waals surface area contributed by atoms with Crippen LogP contribution >= 0.6 is 11.8 Å². The third-order valence-corrected chi connectivity index (χ3v) is 2.69. The quantitative estimate of drug-likeness (QED) is 0.827. The van der Waals surface area contributed by atoms with Gasteiger partial charge in [0.2, 0.25) is 5.95 Å². The highest BCUT2D eigenvalue weighted by Crippen LogP contribution is 2.10. The van der Waals surface area contributed by atoms with Crippen molar-refractivity contribution in [3.05, 3.63) is 12.3 Å². The first-order chi connectivity index (χ1) is 7.13. The summed E-state index contributed by atoms with van der Waals surface area (Å²) in [5, 5.41) is 3.34.